The van der Waals surface area contributed by atoms with Gasteiger partial charge in [0.25, 0.3) is 5.91 Å². The first kappa shape index (κ1) is 12.5. The van der Waals surface area contributed by atoms with E-state index in [4.69, 9.17) is 5.11 Å². The highest BCUT2D eigenvalue weighted by molar-refractivity contribution is 5.96. The van der Waals surface area contributed by atoms with Crippen LogP contribution >= 0.6 is 0 Å². The third kappa shape index (κ3) is 2.64. The van der Waals surface area contributed by atoms with Crippen LogP contribution in [0.3, 0.4) is 0 Å². The van der Waals surface area contributed by atoms with Gasteiger partial charge in [0.15, 0.2) is 0 Å². The topological polar surface area (TPSA) is 57.6 Å². The Balaban J connectivity index is 2.24. The Morgan fingerprint density at radius 3 is 2.50 bits per heavy atom. The first-order chi connectivity index (χ1) is 8.49. The van der Waals surface area contributed by atoms with E-state index in [1.165, 1.54) is 0 Å². The van der Waals surface area contributed by atoms with Crippen LogP contribution in [0.5, 0.6) is 0 Å². The molecule has 1 amide bonds. The lowest BCUT2D eigenvalue weighted by Crippen LogP contribution is -2.37. The van der Waals surface area contributed by atoms with Gasteiger partial charge in [-0.05, 0) is 25.0 Å². The molecule has 0 aromatic heterocycles. The number of aliphatic carboxylic acids is 1. The van der Waals surface area contributed by atoms with Crippen molar-refractivity contribution in [3.8, 4) is 0 Å². The number of benzene rings is 1. The molecule has 2 rings (SSSR count). The van der Waals surface area contributed by atoms with Gasteiger partial charge in [-0.25, -0.2) is 8.78 Å². The monoisotopic (exact) mass is 255 g/mol. The van der Waals surface area contributed by atoms with Gasteiger partial charge in [-0.15, -0.1) is 0 Å². The zero-order valence-corrected chi connectivity index (χ0v) is 9.40. The Hall–Kier alpha value is -1.98. The zero-order valence-electron chi connectivity index (χ0n) is 9.40. The molecular formula is C12H11F2NO3. The molecule has 96 valence electrons. The summed E-state index contributed by atoms with van der Waals surface area (Å²) in [5.74, 6) is -3.62. The standard InChI is InChI=1S/C12H11F2NO3/c13-7-1-4-9(10(14)5-7)12(18)15(6-11(16)17)8-2-3-8/h1,4-5,8H,2-3,6H2,(H,16,17). The molecule has 6 heteroatoms. The number of carbonyl (C=O) groups is 2. The fourth-order valence-electron chi connectivity index (χ4n) is 1.72. The fraction of sp³-hybridized carbons (Fsp3) is 0.333. The van der Waals surface area contributed by atoms with Crippen molar-refractivity contribution >= 4 is 11.9 Å². The second-order valence-electron chi connectivity index (χ2n) is 4.18. The van der Waals surface area contributed by atoms with Gasteiger partial charge < -0.3 is 10.0 Å². The van der Waals surface area contributed by atoms with Gasteiger partial charge in [0.1, 0.15) is 18.2 Å². The first-order valence-electron chi connectivity index (χ1n) is 5.47. The number of nitrogens with zero attached hydrogens (tertiary/aromatic N) is 1. The van der Waals surface area contributed by atoms with E-state index in [1.54, 1.807) is 0 Å². The van der Waals surface area contributed by atoms with Gasteiger partial charge in [-0.3, -0.25) is 9.59 Å². The molecule has 1 aromatic rings. The third-order valence-electron chi connectivity index (χ3n) is 2.72. The van der Waals surface area contributed by atoms with Crippen molar-refractivity contribution < 1.29 is 23.5 Å². The summed E-state index contributed by atoms with van der Waals surface area (Å²) >= 11 is 0. The minimum absolute atomic E-state index is 0.155. The smallest absolute Gasteiger partial charge is 0.323 e. The van der Waals surface area contributed by atoms with E-state index in [0.717, 1.165) is 17.0 Å². The van der Waals surface area contributed by atoms with Crippen LogP contribution < -0.4 is 0 Å². The van der Waals surface area contributed by atoms with Gasteiger partial charge in [0.2, 0.25) is 0 Å². The van der Waals surface area contributed by atoms with E-state index in [2.05, 4.69) is 0 Å². The largest absolute Gasteiger partial charge is 0.480 e. The zero-order chi connectivity index (χ0) is 13.3. The molecule has 1 aromatic carbocycles. The molecule has 0 aliphatic heterocycles. The summed E-state index contributed by atoms with van der Waals surface area (Å²) in [5, 5.41) is 8.72. The van der Waals surface area contributed by atoms with Crippen LogP contribution in [0.15, 0.2) is 18.2 Å². The summed E-state index contributed by atoms with van der Waals surface area (Å²) in [6.07, 6.45) is 1.42. The molecule has 1 aliphatic carbocycles. The van der Waals surface area contributed by atoms with Crippen molar-refractivity contribution in [2.24, 2.45) is 0 Å². The second-order valence-corrected chi connectivity index (χ2v) is 4.18. The molecule has 0 unspecified atom stereocenters. The van der Waals surface area contributed by atoms with Crippen LogP contribution in [0.1, 0.15) is 23.2 Å². The molecule has 0 saturated heterocycles. The number of hydrogen-bond acceptors (Lipinski definition) is 2. The second kappa shape index (κ2) is 4.72. The van der Waals surface area contributed by atoms with Gasteiger partial charge >= 0.3 is 5.97 Å². The molecule has 0 radical (unpaired) electrons. The molecule has 1 aliphatic rings. The lowest BCUT2D eigenvalue weighted by Gasteiger charge is -2.20. The quantitative estimate of drug-likeness (QED) is 0.890. The number of halogens is 2. The molecule has 0 spiro atoms. The minimum atomic E-state index is -1.15. The minimum Gasteiger partial charge on any atom is -0.480 e. The van der Waals surface area contributed by atoms with Crippen LogP contribution in [0.2, 0.25) is 0 Å². The SMILES string of the molecule is O=C(O)CN(C(=O)c1ccc(F)cc1F)C1CC1. The average molecular weight is 255 g/mol. The highest BCUT2D eigenvalue weighted by Gasteiger charge is 2.35. The summed E-state index contributed by atoms with van der Waals surface area (Å²) < 4.78 is 26.2. The highest BCUT2D eigenvalue weighted by atomic mass is 19.1. The van der Waals surface area contributed by atoms with Crippen molar-refractivity contribution in [1.82, 2.24) is 4.90 Å². The molecule has 0 heterocycles. The Labute approximate surface area is 102 Å². The predicted octanol–water partition coefficient (Wildman–Crippen LogP) is 1.65. The van der Waals surface area contributed by atoms with Crippen molar-refractivity contribution in [1.29, 1.82) is 0 Å². The van der Waals surface area contributed by atoms with E-state index in [0.29, 0.717) is 18.9 Å². The number of carboxylic acid groups (broad SMARTS) is 1. The Morgan fingerprint density at radius 2 is 2.00 bits per heavy atom. The normalized spacial score (nSPS) is 14.3. The molecule has 4 nitrogen and oxygen atoms in total. The molecule has 0 atom stereocenters. The highest BCUT2D eigenvalue weighted by Crippen LogP contribution is 2.28. The first-order valence-corrected chi connectivity index (χ1v) is 5.47. The maximum Gasteiger partial charge on any atom is 0.323 e. The summed E-state index contributed by atoms with van der Waals surface area (Å²) in [5.41, 5.74) is -0.301. The van der Waals surface area contributed by atoms with Crippen molar-refractivity contribution in [3.05, 3.63) is 35.4 Å². The summed E-state index contributed by atoms with van der Waals surface area (Å²) in [6.45, 7) is -0.472. The van der Waals surface area contributed by atoms with Gasteiger partial charge in [0.05, 0.1) is 5.56 Å². The van der Waals surface area contributed by atoms with Gasteiger partial charge in [-0.2, -0.15) is 0 Å². The van der Waals surface area contributed by atoms with Crippen LogP contribution in [-0.4, -0.2) is 34.5 Å². The maximum atomic E-state index is 13.4. The van der Waals surface area contributed by atoms with E-state index in [9.17, 15) is 18.4 Å². The van der Waals surface area contributed by atoms with Gasteiger partial charge in [0, 0.05) is 12.1 Å². The predicted molar refractivity (Wildman–Crippen MR) is 58.1 cm³/mol. The lowest BCUT2D eigenvalue weighted by molar-refractivity contribution is -0.137. The molecule has 1 fully saturated rings. The number of carboxylic acids is 1. The summed E-state index contributed by atoms with van der Waals surface area (Å²) in [4.78, 5) is 23.8. The number of carbonyl (C=O) groups excluding carboxylic acids is 1. The van der Waals surface area contributed by atoms with E-state index in [-0.39, 0.29) is 11.6 Å². The number of rotatable bonds is 4. The average Bonchev–Trinajstić information content (AvgIpc) is 3.08. The van der Waals surface area contributed by atoms with Crippen molar-refractivity contribution in [3.63, 3.8) is 0 Å². The van der Waals surface area contributed by atoms with E-state index < -0.39 is 30.1 Å². The van der Waals surface area contributed by atoms with Crippen LogP contribution in [-0.2, 0) is 4.79 Å². The molecule has 1 N–H and O–H groups in total. The lowest BCUT2D eigenvalue weighted by atomic mass is 10.1. The maximum absolute atomic E-state index is 13.4. The Morgan fingerprint density at radius 1 is 1.33 bits per heavy atom. The third-order valence-corrected chi connectivity index (χ3v) is 2.72. The summed E-state index contributed by atoms with van der Waals surface area (Å²) in [7, 11) is 0. The number of amides is 1. The molecule has 1 saturated carbocycles. The van der Waals surface area contributed by atoms with Crippen LogP contribution in [0, 0.1) is 11.6 Å². The van der Waals surface area contributed by atoms with Crippen molar-refractivity contribution in [2.45, 2.75) is 18.9 Å². The van der Waals surface area contributed by atoms with E-state index >= 15 is 0 Å². The van der Waals surface area contributed by atoms with Crippen LogP contribution in [0.25, 0.3) is 0 Å². The van der Waals surface area contributed by atoms with E-state index in [1.807, 2.05) is 0 Å². The fourth-order valence-corrected chi connectivity index (χ4v) is 1.72. The Bertz CT molecular complexity index is 500. The van der Waals surface area contributed by atoms with Crippen LogP contribution in [0.4, 0.5) is 8.78 Å². The summed E-state index contributed by atoms with van der Waals surface area (Å²) in [6, 6.07) is 2.46. The van der Waals surface area contributed by atoms with Crippen molar-refractivity contribution in [2.75, 3.05) is 6.54 Å². The van der Waals surface area contributed by atoms with Gasteiger partial charge in [-0.1, -0.05) is 0 Å². The molecule has 0 bridgehead atoms. The Kier molecular flexibility index (Phi) is 3.27. The molecular weight excluding hydrogens is 244 g/mol. The molecule has 18 heavy (non-hydrogen) atoms. The number of hydrogen-bond donors (Lipinski definition) is 1.